The molecule has 26 heavy (non-hydrogen) atoms. The zero-order valence-electron chi connectivity index (χ0n) is 14.6. The Morgan fingerprint density at radius 2 is 1.58 bits per heavy atom. The van der Waals surface area contributed by atoms with Gasteiger partial charge in [-0.15, -0.1) is 0 Å². The van der Waals surface area contributed by atoms with E-state index in [4.69, 9.17) is 11.6 Å². The Morgan fingerprint density at radius 1 is 0.962 bits per heavy atom. The maximum Gasteiger partial charge on any atom is 0.187 e. The van der Waals surface area contributed by atoms with E-state index in [-0.39, 0.29) is 5.78 Å². The summed E-state index contributed by atoms with van der Waals surface area (Å²) in [6, 6.07) is 17.2. The smallest absolute Gasteiger partial charge is 0.187 e. The van der Waals surface area contributed by atoms with Crippen LogP contribution in [0.2, 0.25) is 5.02 Å². The Labute approximate surface area is 157 Å². The van der Waals surface area contributed by atoms with Crippen molar-refractivity contribution in [3.05, 3.63) is 71.0 Å². The van der Waals surface area contributed by atoms with Gasteiger partial charge in [0.15, 0.2) is 12.1 Å². The number of rotatable bonds is 3. The van der Waals surface area contributed by atoms with Crippen molar-refractivity contribution in [1.82, 2.24) is 4.57 Å². The Morgan fingerprint density at radius 3 is 2.19 bits per heavy atom. The highest BCUT2D eigenvalue weighted by Crippen LogP contribution is 2.46. The molecular formula is C22H18ClNO2. The average Bonchev–Trinajstić information content (AvgIpc) is 3.07. The van der Waals surface area contributed by atoms with Crippen molar-refractivity contribution in [2.45, 2.75) is 20.4 Å². The summed E-state index contributed by atoms with van der Waals surface area (Å²) in [5.41, 5.74) is 4.07. The van der Waals surface area contributed by atoms with E-state index in [2.05, 4.69) is 0 Å². The number of hydrogen-bond donors (Lipinski definition) is 0. The maximum absolute atomic E-state index is 13.1. The normalized spacial score (nSPS) is 15.1. The van der Waals surface area contributed by atoms with E-state index < -0.39 is 5.41 Å². The molecule has 0 radical (unpaired) electrons. The molecule has 0 atom stereocenters. The van der Waals surface area contributed by atoms with Gasteiger partial charge in [0.05, 0.1) is 11.4 Å². The molecule has 3 nitrogen and oxygen atoms in total. The molecule has 1 aromatic heterocycles. The van der Waals surface area contributed by atoms with Crippen LogP contribution in [0.1, 0.15) is 34.8 Å². The molecule has 0 spiro atoms. The first-order chi connectivity index (χ1) is 12.4. The number of aromatic nitrogens is 1. The maximum atomic E-state index is 13.1. The van der Waals surface area contributed by atoms with Crippen LogP contribution in [-0.4, -0.2) is 16.6 Å². The number of Topliss-reactive ketones (excluding diaryl/α,β-unsaturated/α-hetero) is 1. The van der Waals surface area contributed by atoms with Gasteiger partial charge in [0.25, 0.3) is 0 Å². The molecule has 3 aromatic rings. The van der Waals surface area contributed by atoms with Crippen molar-refractivity contribution in [1.29, 1.82) is 0 Å². The Balaban J connectivity index is 2.09. The Hall–Kier alpha value is -2.65. The summed E-state index contributed by atoms with van der Waals surface area (Å²) >= 11 is 6.04. The summed E-state index contributed by atoms with van der Waals surface area (Å²) in [5.74, 6) is 0.0691. The van der Waals surface area contributed by atoms with Crippen LogP contribution in [0.25, 0.3) is 22.3 Å². The Bertz CT molecular complexity index is 1010. The molecule has 4 rings (SSSR count). The van der Waals surface area contributed by atoms with Gasteiger partial charge >= 0.3 is 0 Å². The van der Waals surface area contributed by atoms with Crippen LogP contribution in [0.3, 0.4) is 0 Å². The fourth-order valence-corrected chi connectivity index (χ4v) is 3.87. The molecule has 0 saturated carbocycles. The quantitative estimate of drug-likeness (QED) is 0.575. The lowest BCUT2D eigenvalue weighted by Crippen LogP contribution is -2.20. The molecule has 1 aliphatic rings. The van der Waals surface area contributed by atoms with Gasteiger partial charge in [-0.3, -0.25) is 9.59 Å². The van der Waals surface area contributed by atoms with Crippen molar-refractivity contribution in [2.24, 2.45) is 5.41 Å². The van der Waals surface area contributed by atoms with Crippen LogP contribution in [0.5, 0.6) is 0 Å². The summed E-state index contributed by atoms with van der Waals surface area (Å²) in [5, 5.41) is 0.631. The number of hydrogen-bond acceptors (Lipinski definition) is 2. The third kappa shape index (κ3) is 2.43. The topological polar surface area (TPSA) is 39.1 Å². The van der Waals surface area contributed by atoms with E-state index in [0.717, 1.165) is 28.5 Å². The second-order valence-electron chi connectivity index (χ2n) is 7.27. The molecule has 130 valence electrons. The number of halogens is 1. The molecule has 2 aromatic carbocycles. The largest absolute Gasteiger partial charge is 0.334 e. The van der Waals surface area contributed by atoms with E-state index in [1.807, 2.05) is 60.9 Å². The van der Waals surface area contributed by atoms with Crippen LogP contribution < -0.4 is 0 Å². The summed E-state index contributed by atoms with van der Waals surface area (Å²) in [7, 11) is 0. The zero-order valence-corrected chi connectivity index (χ0v) is 15.4. The minimum atomic E-state index is -0.519. The molecule has 4 heteroatoms. The first-order valence-corrected chi connectivity index (χ1v) is 8.89. The molecule has 0 saturated heterocycles. The first-order valence-electron chi connectivity index (χ1n) is 8.52. The van der Waals surface area contributed by atoms with Crippen LogP contribution in [0, 0.1) is 5.41 Å². The van der Waals surface area contributed by atoms with Gasteiger partial charge in [-0.1, -0.05) is 67.9 Å². The number of aldehydes is 1. The van der Waals surface area contributed by atoms with Gasteiger partial charge in [0, 0.05) is 28.1 Å². The van der Waals surface area contributed by atoms with E-state index in [1.54, 1.807) is 12.1 Å². The highest BCUT2D eigenvalue weighted by molar-refractivity contribution is 6.30. The monoisotopic (exact) mass is 363 g/mol. The third-order valence-electron chi connectivity index (χ3n) is 4.99. The highest BCUT2D eigenvalue weighted by atomic mass is 35.5. The summed E-state index contributed by atoms with van der Waals surface area (Å²) in [4.78, 5) is 25.2. The predicted octanol–water partition coefficient (Wildman–Crippen LogP) is 5.51. The van der Waals surface area contributed by atoms with Crippen molar-refractivity contribution in [3.8, 4) is 22.3 Å². The first kappa shape index (κ1) is 16.8. The van der Waals surface area contributed by atoms with Crippen molar-refractivity contribution in [2.75, 3.05) is 0 Å². The molecule has 0 bridgehead atoms. The van der Waals surface area contributed by atoms with E-state index >= 15 is 0 Å². The molecular weight excluding hydrogens is 346 g/mol. The van der Waals surface area contributed by atoms with Crippen molar-refractivity contribution < 1.29 is 9.59 Å². The molecule has 0 unspecified atom stereocenters. The number of fused-ring (bicyclic) bond motifs is 1. The fourth-order valence-electron chi connectivity index (χ4n) is 3.74. The molecule has 0 amide bonds. The van der Waals surface area contributed by atoms with Crippen molar-refractivity contribution in [3.63, 3.8) is 0 Å². The highest BCUT2D eigenvalue weighted by Gasteiger charge is 2.43. The molecule has 0 N–H and O–H groups in total. The molecule has 2 heterocycles. The predicted molar refractivity (Wildman–Crippen MR) is 104 cm³/mol. The lowest BCUT2D eigenvalue weighted by molar-refractivity contribution is 0.0860. The van der Waals surface area contributed by atoms with Gasteiger partial charge in [-0.2, -0.15) is 0 Å². The Kier molecular flexibility index (Phi) is 3.85. The van der Waals surface area contributed by atoms with Gasteiger partial charge in [0.2, 0.25) is 0 Å². The van der Waals surface area contributed by atoms with Gasteiger partial charge in [0.1, 0.15) is 0 Å². The van der Waals surface area contributed by atoms with Crippen LogP contribution >= 0.6 is 11.6 Å². The lowest BCUT2D eigenvalue weighted by Gasteiger charge is -2.16. The minimum absolute atomic E-state index is 0.0691. The van der Waals surface area contributed by atoms with E-state index in [1.165, 1.54) is 0 Å². The van der Waals surface area contributed by atoms with Crippen LogP contribution in [0.15, 0.2) is 54.6 Å². The summed E-state index contributed by atoms with van der Waals surface area (Å²) in [6.07, 6.45) is 0.856. The number of carbonyl (C=O) groups is 2. The standard InChI is InChI=1S/C22H18ClNO2/c1-22(2)13-24-17(12-25)18(15-8-10-16(23)11-9-15)19(20(24)21(22)26)14-6-4-3-5-7-14/h3-12H,13H2,1-2H3. The number of benzene rings is 2. The van der Waals surface area contributed by atoms with Gasteiger partial charge < -0.3 is 4.57 Å². The number of carbonyl (C=O) groups excluding carboxylic acids is 2. The fraction of sp³-hybridized carbons (Fsp3) is 0.182. The third-order valence-corrected chi connectivity index (χ3v) is 5.25. The van der Waals surface area contributed by atoms with E-state index in [0.29, 0.717) is 23.0 Å². The molecule has 0 aliphatic carbocycles. The minimum Gasteiger partial charge on any atom is -0.334 e. The lowest BCUT2D eigenvalue weighted by atomic mass is 9.85. The van der Waals surface area contributed by atoms with Crippen molar-refractivity contribution >= 4 is 23.7 Å². The van der Waals surface area contributed by atoms with Crippen LogP contribution in [0.4, 0.5) is 0 Å². The number of nitrogens with zero attached hydrogens (tertiary/aromatic N) is 1. The van der Waals surface area contributed by atoms with Gasteiger partial charge in [-0.25, -0.2) is 0 Å². The van der Waals surface area contributed by atoms with Gasteiger partial charge in [-0.05, 0) is 23.3 Å². The second kappa shape index (κ2) is 5.96. The summed E-state index contributed by atoms with van der Waals surface area (Å²) < 4.78 is 1.88. The molecule has 0 fully saturated rings. The second-order valence-corrected chi connectivity index (χ2v) is 7.71. The zero-order chi connectivity index (χ0) is 18.5. The average molecular weight is 364 g/mol. The molecule has 1 aliphatic heterocycles. The van der Waals surface area contributed by atoms with E-state index in [9.17, 15) is 9.59 Å². The van der Waals surface area contributed by atoms with Crippen LogP contribution in [-0.2, 0) is 6.54 Å². The number of ketones is 1. The SMILES string of the molecule is CC1(C)Cn2c(C=O)c(-c3ccc(Cl)cc3)c(-c3ccccc3)c2C1=O. The summed E-state index contributed by atoms with van der Waals surface area (Å²) in [6.45, 7) is 4.35.